The summed E-state index contributed by atoms with van der Waals surface area (Å²) in [5.74, 6) is 0.257. The number of rotatable bonds is 6. The molecule has 0 spiro atoms. The molecule has 0 aromatic heterocycles. The van der Waals surface area contributed by atoms with Gasteiger partial charge in [-0.3, -0.25) is 4.90 Å². The summed E-state index contributed by atoms with van der Waals surface area (Å²) in [5, 5.41) is 0. The smallest absolute Gasteiger partial charge is 0.326 e. The third kappa shape index (κ3) is 6.73. The van der Waals surface area contributed by atoms with E-state index in [0.717, 1.165) is 6.42 Å². The van der Waals surface area contributed by atoms with E-state index in [2.05, 4.69) is 0 Å². The van der Waals surface area contributed by atoms with Gasteiger partial charge >= 0.3 is 6.18 Å². The van der Waals surface area contributed by atoms with Gasteiger partial charge in [-0.2, -0.15) is 13.2 Å². The fourth-order valence-corrected chi connectivity index (χ4v) is 1.34. The summed E-state index contributed by atoms with van der Waals surface area (Å²) in [7, 11) is 0. The molecule has 0 saturated heterocycles. The van der Waals surface area contributed by atoms with Gasteiger partial charge in [0.15, 0.2) is 0 Å². The Bertz CT molecular complexity index is 171. The highest BCUT2D eigenvalue weighted by atomic mass is 19.4. The van der Waals surface area contributed by atoms with Crippen LogP contribution in [0.1, 0.15) is 27.2 Å². The van der Waals surface area contributed by atoms with Crippen LogP contribution >= 0.6 is 0 Å². The lowest BCUT2D eigenvalue weighted by Crippen LogP contribution is -2.44. The Hall–Kier alpha value is -0.290. The summed E-state index contributed by atoms with van der Waals surface area (Å²) in [4.78, 5) is 1.34. The SMILES string of the molecule is CCC(C)C(N)CN(CC)CC(F)(F)F. The largest absolute Gasteiger partial charge is 0.401 e. The molecule has 0 bridgehead atoms. The highest BCUT2D eigenvalue weighted by Gasteiger charge is 2.30. The summed E-state index contributed by atoms with van der Waals surface area (Å²) in [6.45, 7) is 5.49. The Balaban J connectivity index is 4.09. The number of likely N-dealkylation sites (N-methyl/N-ethyl adjacent to an activating group) is 1. The second kappa shape index (κ2) is 6.33. The molecule has 0 amide bonds. The molecule has 0 rings (SSSR count). The van der Waals surface area contributed by atoms with Crippen molar-refractivity contribution >= 4 is 0 Å². The Morgan fingerprint density at radius 3 is 2.13 bits per heavy atom. The van der Waals surface area contributed by atoms with Gasteiger partial charge in [-0.15, -0.1) is 0 Å². The third-order valence-electron chi connectivity index (χ3n) is 2.69. The maximum Gasteiger partial charge on any atom is 0.401 e. The normalized spacial score (nSPS) is 16.8. The van der Waals surface area contributed by atoms with E-state index in [9.17, 15) is 13.2 Å². The van der Waals surface area contributed by atoms with Gasteiger partial charge in [-0.25, -0.2) is 0 Å². The molecular weight excluding hydrogens is 205 g/mol. The molecule has 0 fully saturated rings. The van der Waals surface area contributed by atoms with Gasteiger partial charge in [0.2, 0.25) is 0 Å². The molecule has 92 valence electrons. The number of alkyl halides is 3. The van der Waals surface area contributed by atoms with Gasteiger partial charge in [0.1, 0.15) is 0 Å². The molecule has 2 atom stereocenters. The molecule has 2 unspecified atom stereocenters. The zero-order valence-corrected chi connectivity index (χ0v) is 9.64. The molecule has 15 heavy (non-hydrogen) atoms. The highest BCUT2D eigenvalue weighted by molar-refractivity contribution is 4.74. The number of hydrogen-bond acceptors (Lipinski definition) is 2. The lowest BCUT2D eigenvalue weighted by atomic mass is 10.00. The van der Waals surface area contributed by atoms with Gasteiger partial charge in [0.25, 0.3) is 0 Å². The molecule has 0 aliphatic rings. The van der Waals surface area contributed by atoms with Crippen LogP contribution in [0.4, 0.5) is 13.2 Å². The fraction of sp³-hybridized carbons (Fsp3) is 1.00. The Morgan fingerprint density at radius 2 is 1.80 bits per heavy atom. The number of hydrogen-bond donors (Lipinski definition) is 1. The van der Waals surface area contributed by atoms with Crippen molar-refractivity contribution in [3.05, 3.63) is 0 Å². The number of nitrogens with zero attached hydrogens (tertiary/aromatic N) is 1. The van der Waals surface area contributed by atoms with Gasteiger partial charge in [-0.1, -0.05) is 27.2 Å². The van der Waals surface area contributed by atoms with E-state index in [0.29, 0.717) is 13.1 Å². The van der Waals surface area contributed by atoms with E-state index < -0.39 is 12.7 Å². The highest BCUT2D eigenvalue weighted by Crippen LogP contribution is 2.17. The molecule has 2 nitrogen and oxygen atoms in total. The molecule has 0 aliphatic heterocycles. The predicted octanol–water partition coefficient (Wildman–Crippen LogP) is 2.24. The van der Waals surface area contributed by atoms with Crippen molar-refractivity contribution in [2.45, 2.75) is 39.4 Å². The van der Waals surface area contributed by atoms with Crippen molar-refractivity contribution < 1.29 is 13.2 Å². The molecule has 0 aromatic carbocycles. The van der Waals surface area contributed by atoms with Crippen LogP contribution in [0.3, 0.4) is 0 Å². The molecule has 5 heteroatoms. The van der Waals surface area contributed by atoms with Crippen molar-refractivity contribution in [3.63, 3.8) is 0 Å². The summed E-state index contributed by atoms with van der Waals surface area (Å²) >= 11 is 0. The Labute approximate surface area is 89.6 Å². The van der Waals surface area contributed by atoms with Crippen molar-refractivity contribution in [1.29, 1.82) is 0 Å². The van der Waals surface area contributed by atoms with E-state index in [4.69, 9.17) is 5.73 Å². The van der Waals surface area contributed by atoms with E-state index in [1.807, 2.05) is 13.8 Å². The van der Waals surface area contributed by atoms with Crippen LogP contribution in [0.15, 0.2) is 0 Å². The second-order valence-corrected chi connectivity index (χ2v) is 3.99. The molecule has 0 aromatic rings. The average Bonchev–Trinajstić information content (AvgIpc) is 2.13. The second-order valence-electron chi connectivity index (χ2n) is 3.99. The fourth-order valence-electron chi connectivity index (χ4n) is 1.34. The zero-order valence-electron chi connectivity index (χ0n) is 9.64. The topological polar surface area (TPSA) is 29.3 Å². The quantitative estimate of drug-likeness (QED) is 0.752. The minimum Gasteiger partial charge on any atom is -0.326 e. The van der Waals surface area contributed by atoms with Crippen LogP contribution in [0.2, 0.25) is 0 Å². The van der Waals surface area contributed by atoms with Crippen LogP contribution in [-0.4, -0.2) is 36.8 Å². The van der Waals surface area contributed by atoms with Crippen molar-refractivity contribution in [2.75, 3.05) is 19.6 Å². The van der Waals surface area contributed by atoms with Crippen LogP contribution in [-0.2, 0) is 0 Å². The average molecular weight is 226 g/mol. The lowest BCUT2D eigenvalue weighted by molar-refractivity contribution is -0.146. The van der Waals surface area contributed by atoms with Gasteiger partial charge < -0.3 is 5.73 Å². The zero-order chi connectivity index (χ0) is 12.1. The summed E-state index contributed by atoms with van der Waals surface area (Å²) in [6.07, 6.45) is -3.24. The minimum atomic E-state index is -4.13. The Kier molecular flexibility index (Phi) is 6.20. The lowest BCUT2D eigenvalue weighted by Gasteiger charge is -2.27. The monoisotopic (exact) mass is 226 g/mol. The third-order valence-corrected chi connectivity index (χ3v) is 2.69. The molecule has 2 N–H and O–H groups in total. The summed E-state index contributed by atoms with van der Waals surface area (Å²) in [5.41, 5.74) is 5.81. The molecule has 0 heterocycles. The standard InChI is InChI=1S/C10H21F3N2/c1-4-8(3)9(14)6-15(5-2)7-10(11,12)13/h8-9H,4-7,14H2,1-3H3. The molecule has 0 saturated carbocycles. The Morgan fingerprint density at radius 1 is 1.27 bits per heavy atom. The summed E-state index contributed by atoms with van der Waals surface area (Å²) in [6, 6.07) is -0.183. The van der Waals surface area contributed by atoms with Gasteiger partial charge in [0, 0.05) is 12.6 Å². The maximum atomic E-state index is 12.1. The van der Waals surface area contributed by atoms with Gasteiger partial charge in [-0.05, 0) is 12.5 Å². The first kappa shape index (κ1) is 14.7. The summed E-state index contributed by atoms with van der Waals surface area (Å²) < 4.78 is 36.4. The van der Waals surface area contributed by atoms with Crippen LogP contribution < -0.4 is 5.73 Å². The van der Waals surface area contributed by atoms with Crippen LogP contribution in [0, 0.1) is 5.92 Å². The van der Waals surface area contributed by atoms with E-state index >= 15 is 0 Å². The number of nitrogens with two attached hydrogens (primary N) is 1. The van der Waals surface area contributed by atoms with Crippen molar-refractivity contribution in [1.82, 2.24) is 4.90 Å². The number of halogens is 3. The van der Waals surface area contributed by atoms with E-state index in [-0.39, 0.29) is 12.0 Å². The van der Waals surface area contributed by atoms with Crippen molar-refractivity contribution in [2.24, 2.45) is 11.7 Å². The first-order valence-electron chi connectivity index (χ1n) is 5.34. The maximum absolute atomic E-state index is 12.1. The molecule has 0 radical (unpaired) electrons. The van der Waals surface area contributed by atoms with Crippen LogP contribution in [0.25, 0.3) is 0 Å². The van der Waals surface area contributed by atoms with Crippen LogP contribution in [0.5, 0.6) is 0 Å². The van der Waals surface area contributed by atoms with E-state index in [1.54, 1.807) is 6.92 Å². The first-order chi connectivity index (χ1) is 6.80. The van der Waals surface area contributed by atoms with Crippen molar-refractivity contribution in [3.8, 4) is 0 Å². The van der Waals surface area contributed by atoms with Gasteiger partial charge in [0.05, 0.1) is 6.54 Å². The minimum absolute atomic E-state index is 0.183. The first-order valence-corrected chi connectivity index (χ1v) is 5.34. The van der Waals surface area contributed by atoms with E-state index in [1.165, 1.54) is 4.90 Å². The molecule has 0 aliphatic carbocycles. The molecular formula is C10H21F3N2. The predicted molar refractivity (Wildman–Crippen MR) is 55.6 cm³/mol.